The van der Waals surface area contributed by atoms with Crippen LogP contribution in [0.3, 0.4) is 0 Å². The van der Waals surface area contributed by atoms with Crippen molar-refractivity contribution in [3.8, 4) is 11.5 Å². The standard InChI is InChI=1S/C38H31F13Si/c1-22(2)52(23(3)4,15-13-33(39,40)34(41,42)35(43,44)36(45,46)37(47,48)38(49,50)51)14-12-24-10-7-11-27-18-30-19-28-16-25-8-5-6-9-26(25)17-29(28)20-31(30)21-32(24)27/h5-11,16-23H,13,15H2,1-4H3. The van der Waals surface area contributed by atoms with Crippen molar-refractivity contribution in [2.45, 2.75) is 87.0 Å². The van der Waals surface area contributed by atoms with Crippen LogP contribution in [0.25, 0.3) is 43.1 Å². The van der Waals surface area contributed by atoms with Crippen LogP contribution in [-0.2, 0) is 0 Å². The van der Waals surface area contributed by atoms with Crippen molar-refractivity contribution in [1.82, 2.24) is 0 Å². The first-order valence-electron chi connectivity index (χ1n) is 16.1. The van der Waals surface area contributed by atoms with Gasteiger partial charge in [-0.2, -0.15) is 57.1 Å². The number of hydrogen-bond donors (Lipinski definition) is 0. The number of alkyl halides is 13. The Morgan fingerprint density at radius 1 is 0.500 bits per heavy atom. The Bertz CT molecular complexity index is 2200. The average molecular weight is 763 g/mol. The Kier molecular flexibility index (Phi) is 9.69. The summed E-state index contributed by atoms with van der Waals surface area (Å²) in [6.07, 6.45) is -9.68. The molecule has 0 aliphatic carbocycles. The van der Waals surface area contributed by atoms with Crippen molar-refractivity contribution in [3.63, 3.8) is 0 Å². The quantitative estimate of drug-likeness (QED) is 0.0607. The fourth-order valence-corrected chi connectivity index (χ4v) is 11.0. The summed E-state index contributed by atoms with van der Waals surface area (Å²) in [7, 11) is -3.63. The predicted octanol–water partition coefficient (Wildman–Crippen LogP) is 13.6. The molecule has 0 bridgehead atoms. The highest BCUT2D eigenvalue weighted by atomic mass is 28.3. The van der Waals surface area contributed by atoms with E-state index in [1.165, 1.54) is 27.7 Å². The number of benzene rings is 5. The highest BCUT2D eigenvalue weighted by Gasteiger charge is 2.90. The van der Waals surface area contributed by atoms with Gasteiger partial charge in [0.25, 0.3) is 0 Å². The van der Waals surface area contributed by atoms with Crippen molar-refractivity contribution in [1.29, 1.82) is 0 Å². The molecule has 14 heteroatoms. The zero-order valence-electron chi connectivity index (χ0n) is 28.0. The summed E-state index contributed by atoms with van der Waals surface area (Å²) in [6.45, 7) is 6.15. The maximum Gasteiger partial charge on any atom is 0.460 e. The number of hydrogen-bond acceptors (Lipinski definition) is 0. The third kappa shape index (κ3) is 6.16. The lowest BCUT2D eigenvalue weighted by Gasteiger charge is -2.41. The van der Waals surface area contributed by atoms with Crippen LogP contribution < -0.4 is 0 Å². The van der Waals surface area contributed by atoms with Gasteiger partial charge in [-0.1, -0.05) is 70.0 Å². The van der Waals surface area contributed by atoms with Crippen molar-refractivity contribution < 1.29 is 57.1 Å². The van der Waals surface area contributed by atoms with Crippen LogP contribution in [-0.4, -0.2) is 43.9 Å². The van der Waals surface area contributed by atoms with Crippen LogP contribution in [0.1, 0.15) is 39.7 Å². The van der Waals surface area contributed by atoms with Gasteiger partial charge in [-0.3, -0.25) is 0 Å². The Morgan fingerprint density at radius 2 is 0.923 bits per heavy atom. The normalized spacial score (nSPS) is 14.2. The van der Waals surface area contributed by atoms with E-state index in [0.717, 1.165) is 37.7 Å². The molecule has 5 aromatic carbocycles. The lowest BCUT2D eigenvalue weighted by Crippen LogP contribution is -2.70. The van der Waals surface area contributed by atoms with Gasteiger partial charge in [0.1, 0.15) is 8.07 Å². The van der Waals surface area contributed by atoms with E-state index in [-0.39, 0.29) is 0 Å². The molecule has 0 unspecified atom stereocenters. The Morgan fingerprint density at radius 3 is 1.40 bits per heavy atom. The maximum atomic E-state index is 15.0. The zero-order chi connectivity index (χ0) is 38.9. The molecule has 0 aromatic heterocycles. The minimum atomic E-state index is -7.92. The molecule has 0 heterocycles. The smallest absolute Gasteiger partial charge is 0.200 e. The first-order chi connectivity index (χ1) is 23.8. The van der Waals surface area contributed by atoms with Crippen LogP contribution in [0, 0.1) is 11.5 Å². The van der Waals surface area contributed by atoms with Crippen molar-refractivity contribution >= 4 is 51.2 Å². The molecular weight excluding hydrogens is 731 g/mol. The highest BCUT2D eigenvalue weighted by molar-refractivity contribution is 6.89. The van der Waals surface area contributed by atoms with Crippen molar-refractivity contribution in [2.24, 2.45) is 0 Å². The van der Waals surface area contributed by atoms with Crippen LogP contribution in [0.2, 0.25) is 17.1 Å². The number of halogens is 13. The topological polar surface area (TPSA) is 0 Å². The molecule has 278 valence electrons. The number of rotatable bonds is 9. The summed E-state index contributed by atoms with van der Waals surface area (Å²) in [5.74, 6) is -34.0. The van der Waals surface area contributed by atoms with E-state index in [0.29, 0.717) is 10.9 Å². The fourth-order valence-electron chi connectivity index (χ4n) is 6.68. The molecule has 0 saturated carbocycles. The second-order valence-corrected chi connectivity index (χ2v) is 18.9. The third-order valence-electron chi connectivity index (χ3n) is 10.00. The molecule has 0 nitrogen and oxygen atoms in total. The van der Waals surface area contributed by atoms with Gasteiger partial charge in [0.15, 0.2) is 0 Å². The van der Waals surface area contributed by atoms with E-state index in [1.54, 1.807) is 12.1 Å². The molecule has 0 fully saturated rings. The van der Waals surface area contributed by atoms with E-state index in [4.69, 9.17) is 0 Å². The van der Waals surface area contributed by atoms with Gasteiger partial charge >= 0.3 is 35.8 Å². The molecule has 0 saturated heterocycles. The highest BCUT2D eigenvalue weighted by Crippen LogP contribution is 2.61. The first kappa shape index (κ1) is 39.2. The summed E-state index contributed by atoms with van der Waals surface area (Å²) in [4.78, 5) is 0. The molecule has 0 atom stereocenters. The Hall–Kier alpha value is -3.99. The summed E-state index contributed by atoms with van der Waals surface area (Å²) in [5, 5.41) is 7.22. The van der Waals surface area contributed by atoms with Crippen molar-refractivity contribution in [2.75, 3.05) is 0 Å². The second-order valence-electron chi connectivity index (χ2n) is 13.7. The minimum Gasteiger partial charge on any atom is -0.200 e. The molecule has 0 spiro atoms. The van der Waals surface area contributed by atoms with E-state index in [2.05, 4.69) is 17.5 Å². The average Bonchev–Trinajstić information content (AvgIpc) is 3.04. The van der Waals surface area contributed by atoms with Gasteiger partial charge < -0.3 is 0 Å². The molecule has 0 N–H and O–H groups in total. The molecule has 52 heavy (non-hydrogen) atoms. The van der Waals surface area contributed by atoms with Gasteiger partial charge in [-0.15, -0.1) is 5.54 Å². The molecule has 5 aromatic rings. The lowest BCUT2D eigenvalue weighted by atomic mass is 9.93. The van der Waals surface area contributed by atoms with Gasteiger partial charge in [0.2, 0.25) is 0 Å². The Balaban J connectivity index is 1.54. The number of fused-ring (bicyclic) bond motifs is 4. The zero-order valence-corrected chi connectivity index (χ0v) is 29.0. The van der Waals surface area contributed by atoms with Crippen molar-refractivity contribution in [3.05, 3.63) is 84.4 Å². The predicted molar refractivity (Wildman–Crippen MR) is 180 cm³/mol. The summed E-state index contributed by atoms with van der Waals surface area (Å²) in [6, 6.07) is 24.0. The monoisotopic (exact) mass is 762 g/mol. The first-order valence-corrected chi connectivity index (χ1v) is 18.4. The minimum absolute atomic E-state index is 0.425. The second kappa shape index (κ2) is 12.8. The SMILES string of the molecule is CC(C)[Si](C#Cc1cccc2cc3cc4cc5ccccc5cc4cc3cc12)(CCC(F)(F)C(F)(F)C(F)(F)C(F)(F)C(F)(F)C(F)(F)F)C(C)C. The van der Waals surface area contributed by atoms with Crippen LogP contribution in [0.5, 0.6) is 0 Å². The largest absolute Gasteiger partial charge is 0.460 e. The summed E-state index contributed by atoms with van der Waals surface area (Å²) >= 11 is 0. The maximum absolute atomic E-state index is 15.0. The molecule has 0 aliphatic heterocycles. The van der Waals surface area contributed by atoms with E-state index < -0.39 is 67.4 Å². The molecule has 0 amide bonds. The molecule has 0 aliphatic rings. The Labute approximate surface area is 291 Å². The van der Waals surface area contributed by atoms with Gasteiger partial charge in [-0.25, -0.2) is 0 Å². The van der Waals surface area contributed by atoms with E-state index in [9.17, 15) is 57.1 Å². The van der Waals surface area contributed by atoms with Crippen LogP contribution in [0.15, 0.2) is 78.9 Å². The van der Waals surface area contributed by atoms with Gasteiger partial charge in [0.05, 0.1) is 0 Å². The summed E-state index contributed by atoms with van der Waals surface area (Å²) in [5.41, 5.74) is 2.18. The molecular formula is C38H31F13Si. The molecule has 0 radical (unpaired) electrons. The van der Waals surface area contributed by atoms with Gasteiger partial charge in [0, 0.05) is 12.0 Å². The summed E-state index contributed by atoms with van der Waals surface area (Å²) < 4.78 is 180. The van der Waals surface area contributed by atoms with Crippen LogP contribution in [0.4, 0.5) is 57.1 Å². The van der Waals surface area contributed by atoms with E-state index in [1.807, 2.05) is 60.7 Å². The van der Waals surface area contributed by atoms with Crippen LogP contribution >= 0.6 is 0 Å². The lowest BCUT2D eigenvalue weighted by molar-refractivity contribution is -0.439. The van der Waals surface area contributed by atoms with Gasteiger partial charge in [-0.05, 0) is 103 Å². The fraction of sp³-hybridized carbons (Fsp3) is 0.368. The molecule has 5 rings (SSSR count). The van der Waals surface area contributed by atoms with E-state index >= 15 is 0 Å². The third-order valence-corrected chi connectivity index (χ3v) is 15.8.